The van der Waals surface area contributed by atoms with Crippen LogP contribution < -0.4 is 9.47 Å². The summed E-state index contributed by atoms with van der Waals surface area (Å²) in [5.74, 6) is -1.02. The van der Waals surface area contributed by atoms with Crippen LogP contribution in [0.2, 0.25) is 0 Å². The van der Waals surface area contributed by atoms with E-state index in [1.54, 1.807) is 24.3 Å². The molecule has 0 radical (unpaired) electrons. The number of halogens is 3. The molecule has 0 spiro atoms. The predicted octanol–water partition coefficient (Wildman–Crippen LogP) is 5.84. The highest BCUT2D eigenvalue weighted by Gasteiger charge is 2.35. The number of hydrogen-bond donors (Lipinski definition) is 1. The molecule has 0 amide bonds. The molecule has 1 saturated heterocycles. The van der Waals surface area contributed by atoms with E-state index in [1.807, 2.05) is 10.9 Å². The molecule has 1 aliphatic rings. The van der Waals surface area contributed by atoms with Crippen molar-refractivity contribution in [3.05, 3.63) is 78.0 Å². The third-order valence-electron chi connectivity index (χ3n) is 5.46. The number of rotatable bonds is 7. The molecule has 1 fully saturated rings. The second kappa shape index (κ2) is 8.95. The van der Waals surface area contributed by atoms with Crippen LogP contribution in [0.1, 0.15) is 17.2 Å². The largest absolute Gasteiger partial charge is 0.481 e. The third kappa shape index (κ3) is 5.07. The first-order valence-electron chi connectivity index (χ1n) is 10.7. The highest BCUT2D eigenvalue weighted by Crippen LogP contribution is 2.41. The summed E-state index contributed by atoms with van der Waals surface area (Å²) in [7, 11) is 0. The highest BCUT2D eigenvalue weighted by atomic mass is 19.4. The zero-order valence-electron chi connectivity index (χ0n) is 18.2. The Kier molecular flexibility index (Phi) is 5.81. The van der Waals surface area contributed by atoms with E-state index in [1.165, 1.54) is 30.3 Å². The maximum absolute atomic E-state index is 13.8. The van der Waals surface area contributed by atoms with Crippen LogP contribution in [0.4, 0.5) is 13.2 Å². The Hall–Kier alpha value is -4.05. The summed E-state index contributed by atoms with van der Waals surface area (Å²) in [6.45, 7) is 1.19. The minimum absolute atomic E-state index is 0.0107. The number of aromatic nitrogens is 2. The molecular formula is C25H19F3N2O5. The van der Waals surface area contributed by atoms with E-state index < -0.39 is 23.5 Å². The second-order valence-corrected chi connectivity index (χ2v) is 8.10. The van der Waals surface area contributed by atoms with Gasteiger partial charge in [0.1, 0.15) is 28.6 Å². The van der Waals surface area contributed by atoms with Gasteiger partial charge in [0, 0.05) is 11.6 Å². The molecular weight excluding hydrogens is 465 g/mol. The van der Waals surface area contributed by atoms with E-state index in [4.69, 9.17) is 19.3 Å². The van der Waals surface area contributed by atoms with Gasteiger partial charge in [0.05, 0.1) is 31.2 Å². The number of fused-ring (bicyclic) bond motifs is 1. The summed E-state index contributed by atoms with van der Waals surface area (Å²) in [5.41, 5.74) is 0.138. The Balaban J connectivity index is 1.39. The average molecular weight is 484 g/mol. The predicted molar refractivity (Wildman–Crippen MR) is 119 cm³/mol. The quantitative estimate of drug-likeness (QED) is 0.355. The maximum atomic E-state index is 13.8. The molecule has 10 heteroatoms. The summed E-state index contributed by atoms with van der Waals surface area (Å²) in [6.07, 6.45) is -3.12. The smallest absolute Gasteiger partial charge is 0.420 e. The molecule has 0 atom stereocenters. The second-order valence-electron chi connectivity index (χ2n) is 8.10. The first-order chi connectivity index (χ1) is 16.7. The summed E-state index contributed by atoms with van der Waals surface area (Å²) in [5, 5.41) is 14.2. The van der Waals surface area contributed by atoms with Gasteiger partial charge in [-0.25, -0.2) is 0 Å². The van der Waals surface area contributed by atoms with Gasteiger partial charge in [-0.3, -0.25) is 9.48 Å². The molecule has 180 valence electrons. The van der Waals surface area contributed by atoms with Gasteiger partial charge in [0.25, 0.3) is 0 Å². The number of nitrogens with zero attached hydrogens (tertiary/aromatic N) is 2. The summed E-state index contributed by atoms with van der Waals surface area (Å²) in [6, 6.07) is 14.6. The van der Waals surface area contributed by atoms with E-state index in [-0.39, 0.29) is 24.0 Å². The molecule has 0 saturated carbocycles. The summed E-state index contributed by atoms with van der Waals surface area (Å²) < 4.78 is 59.6. The van der Waals surface area contributed by atoms with Crippen LogP contribution in [-0.2, 0) is 22.1 Å². The topological polar surface area (TPSA) is 82.8 Å². The molecule has 35 heavy (non-hydrogen) atoms. The number of carboxylic acid groups (broad SMARTS) is 1. The van der Waals surface area contributed by atoms with Gasteiger partial charge in [0.15, 0.2) is 0 Å². The number of hydrogen-bond acceptors (Lipinski definition) is 5. The lowest BCUT2D eigenvalue weighted by Gasteiger charge is -2.25. The average Bonchev–Trinajstić information content (AvgIpc) is 3.15. The standard InChI is InChI=1S/C25H19F3N2O5/c26-25(27,28)21-11-20(5-7-23(21)35-18-3-1-2-15(8-18)9-24(31)32)34-19-4-6-22-16(10-19)12-30(29-22)17-13-33-14-17/h1-8,10-12,17H,9,13-14H2,(H,31,32). The molecule has 0 bridgehead atoms. The Labute approximate surface area is 197 Å². The molecule has 1 aliphatic heterocycles. The van der Waals surface area contributed by atoms with Gasteiger partial charge in [-0.2, -0.15) is 18.3 Å². The monoisotopic (exact) mass is 484 g/mol. The lowest BCUT2D eigenvalue weighted by Crippen LogP contribution is -2.30. The molecule has 5 rings (SSSR count). The van der Waals surface area contributed by atoms with Gasteiger partial charge >= 0.3 is 12.1 Å². The number of ether oxygens (including phenoxy) is 3. The fraction of sp³-hybridized carbons (Fsp3) is 0.200. The SMILES string of the molecule is O=C(O)Cc1cccc(Oc2ccc(Oc3ccc4nn(C5COC5)cc4c3)cc2C(F)(F)F)c1. The molecule has 1 aromatic heterocycles. The summed E-state index contributed by atoms with van der Waals surface area (Å²) >= 11 is 0. The fourth-order valence-corrected chi connectivity index (χ4v) is 3.69. The van der Waals surface area contributed by atoms with E-state index >= 15 is 0 Å². The van der Waals surface area contributed by atoms with Crippen LogP contribution in [0.25, 0.3) is 10.9 Å². The number of benzene rings is 3. The van der Waals surface area contributed by atoms with Crippen LogP contribution in [0, 0.1) is 0 Å². The van der Waals surface area contributed by atoms with E-state index in [0.717, 1.165) is 17.0 Å². The number of carbonyl (C=O) groups is 1. The van der Waals surface area contributed by atoms with Crippen LogP contribution in [0.3, 0.4) is 0 Å². The fourth-order valence-electron chi connectivity index (χ4n) is 3.69. The Morgan fingerprint density at radius 3 is 2.49 bits per heavy atom. The van der Waals surface area contributed by atoms with Crippen molar-refractivity contribution in [3.8, 4) is 23.0 Å². The van der Waals surface area contributed by atoms with Crippen LogP contribution in [0.5, 0.6) is 23.0 Å². The summed E-state index contributed by atoms with van der Waals surface area (Å²) in [4.78, 5) is 10.9. The van der Waals surface area contributed by atoms with Crippen molar-refractivity contribution in [2.24, 2.45) is 0 Å². The van der Waals surface area contributed by atoms with Crippen LogP contribution in [0.15, 0.2) is 66.9 Å². The molecule has 0 unspecified atom stereocenters. The Bertz CT molecular complexity index is 1400. The zero-order valence-corrected chi connectivity index (χ0v) is 18.2. The maximum Gasteiger partial charge on any atom is 0.420 e. The first-order valence-corrected chi connectivity index (χ1v) is 10.7. The van der Waals surface area contributed by atoms with Crippen molar-refractivity contribution < 1.29 is 37.3 Å². The first kappa shape index (κ1) is 22.7. The minimum Gasteiger partial charge on any atom is -0.481 e. The number of aliphatic carboxylic acids is 1. The third-order valence-corrected chi connectivity index (χ3v) is 5.46. The normalized spacial score (nSPS) is 14.0. The number of alkyl halides is 3. The van der Waals surface area contributed by atoms with Gasteiger partial charge in [-0.15, -0.1) is 0 Å². The van der Waals surface area contributed by atoms with Crippen molar-refractivity contribution >= 4 is 16.9 Å². The van der Waals surface area contributed by atoms with E-state index in [9.17, 15) is 18.0 Å². The molecule has 4 aromatic rings. The van der Waals surface area contributed by atoms with Gasteiger partial charge in [-0.05, 0) is 54.1 Å². The van der Waals surface area contributed by atoms with E-state index in [2.05, 4.69) is 5.10 Å². The number of carboxylic acids is 1. The molecule has 7 nitrogen and oxygen atoms in total. The van der Waals surface area contributed by atoms with Crippen molar-refractivity contribution in [1.29, 1.82) is 0 Å². The van der Waals surface area contributed by atoms with Crippen LogP contribution in [-0.4, -0.2) is 34.1 Å². The Morgan fingerprint density at radius 2 is 1.77 bits per heavy atom. The molecule has 2 heterocycles. The molecule has 3 aromatic carbocycles. The van der Waals surface area contributed by atoms with Gasteiger partial charge < -0.3 is 19.3 Å². The van der Waals surface area contributed by atoms with Crippen molar-refractivity contribution in [1.82, 2.24) is 9.78 Å². The van der Waals surface area contributed by atoms with Crippen LogP contribution >= 0.6 is 0 Å². The van der Waals surface area contributed by atoms with Gasteiger partial charge in [-0.1, -0.05) is 12.1 Å². The molecule has 0 aliphatic carbocycles. The van der Waals surface area contributed by atoms with Crippen molar-refractivity contribution in [3.63, 3.8) is 0 Å². The molecule has 1 N–H and O–H groups in total. The zero-order chi connectivity index (χ0) is 24.6. The van der Waals surface area contributed by atoms with Crippen molar-refractivity contribution in [2.75, 3.05) is 13.2 Å². The lowest BCUT2D eigenvalue weighted by atomic mass is 10.1. The lowest BCUT2D eigenvalue weighted by molar-refractivity contribution is -0.138. The Morgan fingerprint density at radius 1 is 1.03 bits per heavy atom. The highest BCUT2D eigenvalue weighted by molar-refractivity contribution is 5.79. The minimum atomic E-state index is -4.71. The van der Waals surface area contributed by atoms with E-state index in [0.29, 0.717) is 24.5 Å². The van der Waals surface area contributed by atoms with Crippen molar-refractivity contribution in [2.45, 2.75) is 18.6 Å². The van der Waals surface area contributed by atoms with Gasteiger partial charge in [0.2, 0.25) is 0 Å².